The summed E-state index contributed by atoms with van der Waals surface area (Å²) in [6.07, 6.45) is 15.5. The van der Waals surface area contributed by atoms with Gasteiger partial charge in [0.05, 0.1) is 12.6 Å². The van der Waals surface area contributed by atoms with Gasteiger partial charge in [-0.15, -0.1) is 0 Å². The van der Waals surface area contributed by atoms with Crippen molar-refractivity contribution in [2.45, 2.75) is 77.2 Å². The number of hydrogen-bond acceptors (Lipinski definition) is 4. The standard InChI is InChI=1S/C18H28N2O2/c1-2-17(20-14-22)11-16-10-15-6-8-18(16,12-15)7-4-3-5-9-19-13-21/h15-17H,2-12H2,1H3. The molecule has 2 rings (SSSR count). The average molecular weight is 304 g/mol. The molecule has 22 heavy (non-hydrogen) atoms. The Hall–Kier alpha value is -1.24. The van der Waals surface area contributed by atoms with E-state index in [0.717, 1.165) is 37.5 Å². The first-order chi connectivity index (χ1) is 10.7. The number of carbonyl (C=O) groups excluding carboxylic acids is 2. The van der Waals surface area contributed by atoms with Gasteiger partial charge in [0, 0.05) is 0 Å². The van der Waals surface area contributed by atoms with Crippen molar-refractivity contribution in [1.29, 1.82) is 0 Å². The van der Waals surface area contributed by atoms with Crippen molar-refractivity contribution in [2.75, 3.05) is 6.54 Å². The predicted octanol–water partition coefficient (Wildman–Crippen LogP) is 4.19. The molecule has 0 aromatic rings. The Balaban J connectivity index is 1.85. The molecular formula is C18H28N2O2. The van der Waals surface area contributed by atoms with Crippen molar-refractivity contribution in [1.82, 2.24) is 0 Å². The van der Waals surface area contributed by atoms with Crippen molar-refractivity contribution in [3.05, 3.63) is 0 Å². The van der Waals surface area contributed by atoms with E-state index in [9.17, 15) is 9.59 Å². The van der Waals surface area contributed by atoms with Crippen molar-refractivity contribution in [2.24, 2.45) is 27.2 Å². The number of hydrogen-bond donors (Lipinski definition) is 0. The van der Waals surface area contributed by atoms with E-state index in [0.29, 0.717) is 12.0 Å². The van der Waals surface area contributed by atoms with E-state index in [-0.39, 0.29) is 6.04 Å². The molecule has 0 aromatic heterocycles. The highest BCUT2D eigenvalue weighted by Gasteiger charge is 2.51. The van der Waals surface area contributed by atoms with E-state index >= 15 is 0 Å². The zero-order valence-electron chi connectivity index (χ0n) is 13.7. The maximum Gasteiger partial charge on any atom is 0.235 e. The maximum atomic E-state index is 10.6. The molecule has 0 amide bonds. The van der Waals surface area contributed by atoms with Gasteiger partial charge in [-0.3, -0.25) is 0 Å². The summed E-state index contributed by atoms with van der Waals surface area (Å²) in [4.78, 5) is 28.2. The molecule has 4 atom stereocenters. The quantitative estimate of drug-likeness (QED) is 0.345. The Labute approximate surface area is 133 Å². The lowest BCUT2D eigenvalue weighted by atomic mass is 9.69. The van der Waals surface area contributed by atoms with Crippen LogP contribution in [0.1, 0.15) is 71.1 Å². The SMILES string of the molecule is CCC(CC1CC2CCC1(CCCCCN=C=O)C2)N=C=O. The van der Waals surface area contributed by atoms with E-state index in [1.54, 1.807) is 12.2 Å². The molecule has 2 saturated carbocycles. The van der Waals surface area contributed by atoms with E-state index < -0.39 is 0 Å². The number of unbranched alkanes of at least 4 members (excludes halogenated alkanes) is 2. The second-order valence-electron chi connectivity index (χ2n) is 7.21. The van der Waals surface area contributed by atoms with Gasteiger partial charge >= 0.3 is 0 Å². The van der Waals surface area contributed by atoms with Crippen molar-refractivity contribution < 1.29 is 9.59 Å². The van der Waals surface area contributed by atoms with Crippen LogP contribution in [0.3, 0.4) is 0 Å². The van der Waals surface area contributed by atoms with Crippen LogP contribution in [-0.4, -0.2) is 24.7 Å². The Morgan fingerprint density at radius 1 is 1.23 bits per heavy atom. The third-order valence-corrected chi connectivity index (χ3v) is 6.00. The lowest BCUT2D eigenvalue weighted by molar-refractivity contribution is 0.145. The fourth-order valence-corrected chi connectivity index (χ4v) is 4.88. The van der Waals surface area contributed by atoms with Gasteiger partial charge in [0.1, 0.15) is 0 Å². The van der Waals surface area contributed by atoms with Gasteiger partial charge in [0.15, 0.2) is 0 Å². The minimum Gasteiger partial charge on any atom is -0.211 e. The Kier molecular flexibility index (Phi) is 6.54. The molecule has 0 radical (unpaired) electrons. The molecule has 2 aliphatic carbocycles. The van der Waals surface area contributed by atoms with Gasteiger partial charge in [-0.2, -0.15) is 0 Å². The first kappa shape index (κ1) is 17.1. The molecule has 0 heterocycles. The molecule has 0 aliphatic heterocycles. The van der Waals surface area contributed by atoms with E-state index in [4.69, 9.17) is 0 Å². The Morgan fingerprint density at radius 3 is 2.77 bits per heavy atom. The molecule has 2 fully saturated rings. The molecule has 4 nitrogen and oxygen atoms in total. The fourth-order valence-electron chi connectivity index (χ4n) is 4.88. The van der Waals surface area contributed by atoms with E-state index in [2.05, 4.69) is 16.9 Å². The second kappa shape index (κ2) is 8.41. The maximum absolute atomic E-state index is 10.6. The Morgan fingerprint density at radius 2 is 2.09 bits per heavy atom. The largest absolute Gasteiger partial charge is 0.235 e. The Bertz CT molecular complexity index is 452. The fraction of sp³-hybridized carbons (Fsp3) is 0.889. The molecule has 0 spiro atoms. The summed E-state index contributed by atoms with van der Waals surface area (Å²) in [5.74, 6) is 1.64. The molecule has 122 valence electrons. The zero-order chi connectivity index (χ0) is 15.8. The molecule has 0 saturated heterocycles. The number of isocyanates is 2. The summed E-state index contributed by atoms with van der Waals surface area (Å²) in [6, 6.07) is 0.167. The van der Waals surface area contributed by atoms with Crippen LogP contribution in [0, 0.1) is 17.3 Å². The molecule has 2 bridgehead atoms. The van der Waals surface area contributed by atoms with Gasteiger partial charge in [0.2, 0.25) is 12.2 Å². The smallest absolute Gasteiger partial charge is 0.211 e. The summed E-state index contributed by atoms with van der Waals surface area (Å²) < 4.78 is 0. The lowest BCUT2D eigenvalue weighted by Gasteiger charge is -2.36. The van der Waals surface area contributed by atoms with E-state index in [1.165, 1.54) is 38.5 Å². The summed E-state index contributed by atoms with van der Waals surface area (Å²) in [5.41, 5.74) is 0.504. The molecular weight excluding hydrogens is 276 g/mol. The molecule has 0 N–H and O–H groups in total. The first-order valence-electron chi connectivity index (χ1n) is 8.84. The van der Waals surface area contributed by atoms with Crippen LogP contribution in [-0.2, 0) is 9.59 Å². The van der Waals surface area contributed by atoms with Crippen molar-refractivity contribution in [3.8, 4) is 0 Å². The third kappa shape index (κ3) is 4.15. The van der Waals surface area contributed by atoms with Gasteiger partial charge in [-0.05, 0) is 68.6 Å². The highest BCUT2D eigenvalue weighted by atomic mass is 16.1. The normalized spacial score (nSPS) is 30.6. The second-order valence-corrected chi connectivity index (χ2v) is 7.21. The van der Waals surface area contributed by atoms with Crippen LogP contribution in [0.15, 0.2) is 9.98 Å². The van der Waals surface area contributed by atoms with E-state index in [1.807, 2.05) is 0 Å². The van der Waals surface area contributed by atoms with Gasteiger partial charge in [-0.25, -0.2) is 19.6 Å². The van der Waals surface area contributed by atoms with Crippen LogP contribution in [0.4, 0.5) is 0 Å². The highest BCUT2D eigenvalue weighted by molar-refractivity contribution is 5.33. The van der Waals surface area contributed by atoms with Crippen molar-refractivity contribution >= 4 is 12.2 Å². The highest BCUT2D eigenvalue weighted by Crippen LogP contribution is 2.61. The van der Waals surface area contributed by atoms with Crippen LogP contribution >= 0.6 is 0 Å². The van der Waals surface area contributed by atoms with Crippen LogP contribution in [0.2, 0.25) is 0 Å². The lowest BCUT2D eigenvalue weighted by Crippen LogP contribution is -2.28. The van der Waals surface area contributed by atoms with Gasteiger partial charge in [-0.1, -0.05) is 19.8 Å². The third-order valence-electron chi connectivity index (χ3n) is 6.00. The van der Waals surface area contributed by atoms with Gasteiger partial charge in [0.25, 0.3) is 0 Å². The number of nitrogens with zero attached hydrogens (tertiary/aromatic N) is 2. The molecule has 4 unspecified atom stereocenters. The van der Waals surface area contributed by atoms with Crippen molar-refractivity contribution in [3.63, 3.8) is 0 Å². The molecule has 4 heteroatoms. The summed E-state index contributed by atoms with van der Waals surface area (Å²) >= 11 is 0. The van der Waals surface area contributed by atoms with Crippen LogP contribution in [0.25, 0.3) is 0 Å². The number of fused-ring (bicyclic) bond motifs is 2. The number of aliphatic imine (C=N–C) groups is 2. The van der Waals surface area contributed by atoms with Gasteiger partial charge < -0.3 is 0 Å². The molecule has 0 aromatic carbocycles. The minimum atomic E-state index is 0.167. The summed E-state index contributed by atoms with van der Waals surface area (Å²) in [5, 5.41) is 0. The van der Waals surface area contributed by atoms with Crippen LogP contribution < -0.4 is 0 Å². The number of rotatable bonds is 10. The summed E-state index contributed by atoms with van der Waals surface area (Å²) in [6.45, 7) is 2.73. The minimum absolute atomic E-state index is 0.167. The summed E-state index contributed by atoms with van der Waals surface area (Å²) in [7, 11) is 0. The average Bonchev–Trinajstić information content (AvgIpc) is 3.08. The molecule has 2 aliphatic rings. The monoisotopic (exact) mass is 304 g/mol. The predicted molar refractivity (Wildman–Crippen MR) is 86.2 cm³/mol. The van der Waals surface area contributed by atoms with Crippen LogP contribution in [0.5, 0.6) is 0 Å². The topological polar surface area (TPSA) is 58.9 Å². The first-order valence-corrected chi connectivity index (χ1v) is 8.84. The zero-order valence-corrected chi connectivity index (χ0v) is 13.7.